The quantitative estimate of drug-likeness (QED) is 0.802. The van der Waals surface area contributed by atoms with Crippen molar-refractivity contribution in [2.75, 3.05) is 13.1 Å². The van der Waals surface area contributed by atoms with Gasteiger partial charge in [0, 0.05) is 31.1 Å². The van der Waals surface area contributed by atoms with Gasteiger partial charge in [0.25, 0.3) is 0 Å². The van der Waals surface area contributed by atoms with E-state index in [2.05, 4.69) is 11.5 Å². The molecule has 4 atom stereocenters. The van der Waals surface area contributed by atoms with Gasteiger partial charge < -0.3 is 14.9 Å². The zero-order valence-electron chi connectivity index (χ0n) is 13.5. The molecule has 5 nitrogen and oxygen atoms in total. The van der Waals surface area contributed by atoms with Gasteiger partial charge in [-0.05, 0) is 30.9 Å². The number of carbonyl (C=O) groups is 1. The summed E-state index contributed by atoms with van der Waals surface area (Å²) < 4.78 is 5.98. The molecule has 2 bridgehead atoms. The van der Waals surface area contributed by atoms with Gasteiger partial charge in [0.2, 0.25) is 0 Å². The monoisotopic (exact) mass is 327 g/mol. The number of piperidine rings is 1. The van der Waals surface area contributed by atoms with E-state index in [1.54, 1.807) is 6.07 Å². The molecule has 24 heavy (non-hydrogen) atoms. The third kappa shape index (κ3) is 1.38. The number of Topliss-reactive ketones (excluding diaryl/α,β-unsaturated/α-hetero) is 1. The van der Waals surface area contributed by atoms with E-state index >= 15 is 0 Å². The van der Waals surface area contributed by atoms with Crippen LogP contribution < -0.4 is 4.74 Å². The first kappa shape index (κ1) is 14.5. The molecule has 4 aliphatic rings. The minimum atomic E-state index is -1.00. The van der Waals surface area contributed by atoms with E-state index in [0.717, 1.165) is 24.2 Å². The molecule has 1 saturated heterocycles. The van der Waals surface area contributed by atoms with Crippen molar-refractivity contribution >= 4 is 5.78 Å². The molecule has 126 valence electrons. The molecule has 0 aromatic heterocycles. The number of phenols is 1. The summed E-state index contributed by atoms with van der Waals surface area (Å²) >= 11 is 0. The number of carbonyl (C=O) groups excluding carboxylic acids is 1. The van der Waals surface area contributed by atoms with Crippen LogP contribution in [0.5, 0.6) is 11.5 Å². The number of benzene rings is 1. The van der Waals surface area contributed by atoms with Crippen LogP contribution in [0, 0.1) is 0 Å². The van der Waals surface area contributed by atoms with E-state index in [4.69, 9.17) is 4.74 Å². The fourth-order valence-corrected chi connectivity index (χ4v) is 5.80. The predicted molar refractivity (Wildman–Crippen MR) is 87.3 cm³/mol. The van der Waals surface area contributed by atoms with E-state index in [9.17, 15) is 15.0 Å². The van der Waals surface area contributed by atoms with Crippen LogP contribution in [0.1, 0.15) is 30.4 Å². The number of aliphatic hydroxyl groups is 1. The molecular weight excluding hydrogens is 306 g/mol. The van der Waals surface area contributed by atoms with Crippen molar-refractivity contribution in [2.45, 2.75) is 48.8 Å². The summed E-state index contributed by atoms with van der Waals surface area (Å²) in [5.74, 6) is 0.528. The second-order valence-corrected chi connectivity index (χ2v) is 7.56. The molecule has 1 spiro atoms. The van der Waals surface area contributed by atoms with Gasteiger partial charge in [-0.1, -0.05) is 12.1 Å². The highest BCUT2D eigenvalue weighted by Crippen LogP contribution is 2.64. The fraction of sp³-hybridized carbons (Fsp3) is 0.526. The first-order valence-corrected chi connectivity index (χ1v) is 8.65. The number of ether oxygens (including phenoxy) is 1. The van der Waals surface area contributed by atoms with Crippen LogP contribution in [0.4, 0.5) is 0 Å². The maximum Gasteiger partial charge on any atom is 0.174 e. The Morgan fingerprint density at radius 2 is 2.25 bits per heavy atom. The summed E-state index contributed by atoms with van der Waals surface area (Å²) in [5, 5.41) is 22.1. The number of aromatic hydroxyl groups is 1. The first-order chi connectivity index (χ1) is 11.5. The minimum absolute atomic E-state index is 0.0408. The molecule has 2 heterocycles. The van der Waals surface area contributed by atoms with Gasteiger partial charge in [0.05, 0.1) is 11.0 Å². The van der Waals surface area contributed by atoms with Crippen molar-refractivity contribution in [2.24, 2.45) is 0 Å². The Balaban J connectivity index is 1.80. The molecule has 1 aromatic carbocycles. The van der Waals surface area contributed by atoms with Crippen LogP contribution >= 0.6 is 0 Å². The molecule has 2 fully saturated rings. The van der Waals surface area contributed by atoms with Crippen LogP contribution in [0.25, 0.3) is 0 Å². The molecule has 0 amide bonds. The van der Waals surface area contributed by atoms with Gasteiger partial charge in [-0.2, -0.15) is 0 Å². The molecule has 5 rings (SSSR count). The van der Waals surface area contributed by atoms with E-state index in [1.165, 1.54) is 0 Å². The first-order valence-electron chi connectivity index (χ1n) is 8.65. The summed E-state index contributed by atoms with van der Waals surface area (Å²) in [6, 6.07) is 3.52. The van der Waals surface area contributed by atoms with Gasteiger partial charge >= 0.3 is 0 Å². The van der Waals surface area contributed by atoms with Crippen LogP contribution in [0.3, 0.4) is 0 Å². The number of hydrogen-bond donors (Lipinski definition) is 2. The standard InChI is InChI=1S/C19H21NO4/c1-2-8-20-9-7-18-15-11-3-4-12(21)16(15)24-17(18)13(22)5-6-19(18,23)14(20)10-11/h2-4,14,17,21,23H,1,5-10H2/t14-,17-,18+,19+/m1/s1. The third-order valence-corrected chi connectivity index (χ3v) is 6.73. The Morgan fingerprint density at radius 1 is 1.42 bits per heavy atom. The average Bonchev–Trinajstić information content (AvgIpc) is 2.91. The lowest BCUT2D eigenvalue weighted by Crippen LogP contribution is -2.76. The third-order valence-electron chi connectivity index (χ3n) is 6.73. The van der Waals surface area contributed by atoms with Crippen LogP contribution in [0.2, 0.25) is 0 Å². The topological polar surface area (TPSA) is 70.0 Å². The molecule has 0 unspecified atom stereocenters. The highest BCUT2D eigenvalue weighted by Gasteiger charge is 2.72. The smallest absolute Gasteiger partial charge is 0.174 e. The lowest BCUT2D eigenvalue weighted by atomic mass is 9.49. The number of ketones is 1. The van der Waals surface area contributed by atoms with Gasteiger partial charge in [-0.3, -0.25) is 9.69 Å². The minimum Gasteiger partial charge on any atom is -0.504 e. The summed E-state index contributed by atoms with van der Waals surface area (Å²) in [6.07, 6.45) is 3.35. The SMILES string of the molecule is C=CCN1CC[C@]23c4c5ccc(O)c4O[C@@H]2C(=O)CC[C@]3(O)[C@H]1C5. The lowest BCUT2D eigenvalue weighted by Gasteiger charge is -2.62. The molecule has 5 heteroatoms. The average molecular weight is 327 g/mol. The molecule has 2 N–H and O–H groups in total. The van der Waals surface area contributed by atoms with Crippen molar-refractivity contribution in [3.8, 4) is 11.5 Å². The van der Waals surface area contributed by atoms with Gasteiger partial charge in [0.15, 0.2) is 23.4 Å². The Kier molecular flexibility index (Phi) is 2.66. The van der Waals surface area contributed by atoms with Crippen LogP contribution in [-0.2, 0) is 16.6 Å². The van der Waals surface area contributed by atoms with Crippen molar-refractivity contribution in [3.63, 3.8) is 0 Å². The lowest BCUT2D eigenvalue weighted by molar-refractivity contribution is -0.187. The van der Waals surface area contributed by atoms with E-state index in [-0.39, 0.29) is 17.6 Å². The number of hydrogen-bond acceptors (Lipinski definition) is 5. The van der Waals surface area contributed by atoms with E-state index in [0.29, 0.717) is 31.4 Å². The predicted octanol–water partition coefficient (Wildman–Crippen LogP) is 1.30. The summed E-state index contributed by atoms with van der Waals surface area (Å²) in [6.45, 7) is 5.36. The highest BCUT2D eigenvalue weighted by atomic mass is 16.5. The van der Waals surface area contributed by atoms with E-state index in [1.807, 2.05) is 12.1 Å². The molecular formula is C19H21NO4. The second kappa shape index (κ2) is 4.41. The number of rotatable bonds is 2. The van der Waals surface area contributed by atoms with Gasteiger partial charge in [-0.25, -0.2) is 0 Å². The van der Waals surface area contributed by atoms with Crippen LogP contribution in [0.15, 0.2) is 24.8 Å². The van der Waals surface area contributed by atoms with Crippen LogP contribution in [-0.4, -0.2) is 51.7 Å². The van der Waals surface area contributed by atoms with Gasteiger partial charge in [0.1, 0.15) is 0 Å². The van der Waals surface area contributed by atoms with Crippen molar-refractivity contribution in [3.05, 3.63) is 35.9 Å². The molecule has 0 radical (unpaired) electrons. The fourth-order valence-electron chi connectivity index (χ4n) is 5.80. The number of nitrogens with zero attached hydrogens (tertiary/aromatic N) is 1. The molecule has 1 aromatic rings. The summed E-state index contributed by atoms with van der Waals surface area (Å²) in [5.41, 5.74) is 0.256. The highest BCUT2D eigenvalue weighted by molar-refractivity contribution is 5.90. The Labute approximate surface area is 140 Å². The van der Waals surface area contributed by atoms with Crippen molar-refractivity contribution < 1.29 is 19.7 Å². The van der Waals surface area contributed by atoms with Gasteiger partial charge in [-0.15, -0.1) is 6.58 Å². The largest absolute Gasteiger partial charge is 0.504 e. The van der Waals surface area contributed by atoms with Crippen molar-refractivity contribution in [1.82, 2.24) is 4.90 Å². The second-order valence-electron chi connectivity index (χ2n) is 7.56. The zero-order valence-corrected chi connectivity index (χ0v) is 13.5. The molecule has 2 aliphatic carbocycles. The Hall–Kier alpha value is -1.85. The van der Waals surface area contributed by atoms with Crippen molar-refractivity contribution in [1.29, 1.82) is 0 Å². The number of likely N-dealkylation sites (tertiary alicyclic amines) is 1. The maximum atomic E-state index is 12.6. The maximum absolute atomic E-state index is 12.6. The Morgan fingerprint density at radius 3 is 3.04 bits per heavy atom. The number of phenolic OH excluding ortho intramolecular Hbond substituents is 1. The zero-order chi connectivity index (χ0) is 16.7. The van der Waals surface area contributed by atoms with E-state index < -0.39 is 17.1 Å². The summed E-state index contributed by atoms with van der Waals surface area (Å²) in [7, 11) is 0. The Bertz CT molecular complexity index is 775. The summed E-state index contributed by atoms with van der Waals surface area (Å²) in [4.78, 5) is 14.9. The molecule has 2 aliphatic heterocycles. The molecule has 1 saturated carbocycles. The normalized spacial score (nSPS) is 39.3.